The van der Waals surface area contributed by atoms with Gasteiger partial charge in [-0.05, 0) is 29.3 Å². The number of halogens is 1. The SMILES string of the molecule is CCCCSc1n[n+]2c(c(=O)[nH]1)-c1ccccc1N(C(=O)CC)[C@@H]2c1cc(Cl)cc(OC)c1OC(=O)CC. The number of anilines is 1. The van der Waals surface area contributed by atoms with Gasteiger partial charge in [0.15, 0.2) is 11.5 Å². The largest absolute Gasteiger partial charge is 0.493 e. The minimum Gasteiger partial charge on any atom is -0.493 e. The summed E-state index contributed by atoms with van der Waals surface area (Å²) < 4.78 is 12.8. The van der Waals surface area contributed by atoms with Crippen molar-refractivity contribution in [3.63, 3.8) is 0 Å². The summed E-state index contributed by atoms with van der Waals surface area (Å²) in [5.74, 6) is 0.400. The minimum atomic E-state index is -0.979. The zero-order valence-electron chi connectivity index (χ0n) is 21.7. The number of nitrogens with zero attached hydrogens (tertiary/aromatic N) is 3. The van der Waals surface area contributed by atoms with Crippen LogP contribution in [0.1, 0.15) is 58.2 Å². The van der Waals surface area contributed by atoms with Gasteiger partial charge in [-0.15, -0.1) is 0 Å². The van der Waals surface area contributed by atoms with Crippen molar-refractivity contribution in [1.82, 2.24) is 10.1 Å². The number of unbranched alkanes of at least 4 members (excludes halogenated alkanes) is 1. The van der Waals surface area contributed by atoms with Gasteiger partial charge in [0.1, 0.15) is 0 Å². The molecule has 0 unspecified atom stereocenters. The number of para-hydroxylation sites is 1. The van der Waals surface area contributed by atoms with E-state index in [0.717, 1.165) is 18.6 Å². The van der Waals surface area contributed by atoms with Crippen molar-refractivity contribution in [2.75, 3.05) is 17.8 Å². The number of carbonyl (C=O) groups is 2. The molecule has 1 amide bonds. The van der Waals surface area contributed by atoms with Gasteiger partial charge in [-0.2, -0.15) is 0 Å². The molecule has 1 aromatic heterocycles. The third-order valence-corrected chi connectivity index (χ3v) is 7.29. The maximum Gasteiger partial charge on any atom is 0.325 e. The Labute approximate surface area is 230 Å². The van der Waals surface area contributed by atoms with Crippen LogP contribution in [0, 0.1) is 0 Å². The molecule has 0 saturated heterocycles. The number of rotatable bonds is 9. The molecule has 0 bridgehead atoms. The monoisotopic (exact) mass is 557 g/mol. The molecule has 2 aromatic carbocycles. The second-order valence-electron chi connectivity index (χ2n) is 8.62. The molecule has 3 aromatic rings. The van der Waals surface area contributed by atoms with Crippen molar-refractivity contribution in [2.45, 2.75) is 57.8 Å². The molecule has 4 rings (SSSR count). The zero-order valence-corrected chi connectivity index (χ0v) is 23.3. The van der Waals surface area contributed by atoms with Crippen molar-refractivity contribution < 1.29 is 23.7 Å². The van der Waals surface area contributed by atoms with E-state index in [0.29, 0.717) is 27.0 Å². The summed E-state index contributed by atoms with van der Waals surface area (Å²) in [5, 5.41) is 5.53. The lowest BCUT2D eigenvalue weighted by Crippen LogP contribution is -2.61. The van der Waals surface area contributed by atoms with Gasteiger partial charge in [0.05, 0.1) is 23.9 Å². The molecule has 1 aliphatic rings. The highest BCUT2D eigenvalue weighted by atomic mass is 35.5. The second-order valence-corrected chi connectivity index (χ2v) is 10.1. The van der Waals surface area contributed by atoms with E-state index in [1.165, 1.54) is 29.6 Å². The van der Waals surface area contributed by atoms with E-state index in [9.17, 15) is 14.4 Å². The van der Waals surface area contributed by atoms with Gasteiger partial charge < -0.3 is 9.47 Å². The van der Waals surface area contributed by atoms with Crippen molar-refractivity contribution in [3.8, 4) is 22.8 Å². The number of amides is 1. The van der Waals surface area contributed by atoms with Crippen LogP contribution >= 0.6 is 23.4 Å². The van der Waals surface area contributed by atoms with Gasteiger partial charge in [0.25, 0.3) is 6.17 Å². The first-order chi connectivity index (χ1) is 18.3. The number of ether oxygens (including phenoxy) is 2. The lowest BCUT2D eigenvalue weighted by molar-refractivity contribution is -0.763. The highest BCUT2D eigenvalue weighted by Crippen LogP contribution is 2.44. The number of fused-ring (bicyclic) bond motifs is 3. The van der Waals surface area contributed by atoms with Gasteiger partial charge in [-0.1, -0.05) is 62.7 Å². The Hall–Kier alpha value is -3.37. The third kappa shape index (κ3) is 5.28. The molecule has 38 heavy (non-hydrogen) atoms. The number of aromatic amines is 1. The van der Waals surface area contributed by atoms with E-state index in [4.69, 9.17) is 26.2 Å². The lowest BCUT2D eigenvalue weighted by Gasteiger charge is -2.32. The fraction of sp³-hybridized carbons (Fsp3) is 0.370. The molecule has 0 radical (unpaired) electrons. The van der Waals surface area contributed by atoms with E-state index in [1.807, 2.05) is 0 Å². The predicted octanol–water partition coefficient (Wildman–Crippen LogP) is 4.90. The van der Waals surface area contributed by atoms with E-state index >= 15 is 0 Å². The molecule has 1 N–H and O–H groups in total. The molecule has 2 heterocycles. The maximum absolute atomic E-state index is 13.6. The Morgan fingerprint density at radius 2 is 1.95 bits per heavy atom. The van der Waals surface area contributed by atoms with Gasteiger partial charge in [-0.25, -0.2) is 4.90 Å². The van der Waals surface area contributed by atoms with Crippen LogP contribution in [0.15, 0.2) is 46.3 Å². The molecule has 1 atom stereocenters. The summed E-state index contributed by atoms with van der Waals surface area (Å²) in [4.78, 5) is 44.0. The summed E-state index contributed by atoms with van der Waals surface area (Å²) in [6.07, 6.45) is 1.27. The van der Waals surface area contributed by atoms with Gasteiger partial charge in [0, 0.05) is 34.8 Å². The highest BCUT2D eigenvalue weighted by molar-refractivity contribution is 7.99. The highest BCUT2D eigenvalue weighted by Gasteiger charge is 2.47. The van der Waals surface area contributed by atoms with Gasteiger partial charge in [0.2, 0.25) is 11.1 Å². The maximum atomic E-state index is 13.6. The van der Waals surface area contributed by atoms with Crippen LogP contribution in [0.3, 0.4) is 0 Å². The second kappa shape index (κ2) is 12.0. The third-order valence-electron chi connectivity index (χ3n) is 6.12. The Kier molecular flexibility index (Phi) is 8.73. The number of aromatic nitrogens is 3. The Morgan fingerprint density at radius 1 is 1.18 bits per heavy atom. The lowest BCUT2D eigenvalue weighted by atomic mass is 10.00. The van der Waals surface area contributed by atoms with Crippen molar-refractivity contribution >= 4 is 40.9 Å². The smallest absolute Gasteiger partial charge is 0.325 e. The van der Waals surface area contributed by atoms with E-state index < -0.39 is 12.1 Å². The van der Waals surface area contributed by atoms with Crippen molar-refractivity contribution in [1.29, 1.82) is 0 Å². The van der Waals surface area contributed by atoms with Crippen molar-refractivity contribution in [2.24, 2.45) is 0 Å². The number of thioether (sulfide) groups is 1. The van der Waals surface area contributed by atoms with Crippen LogP contribution in [0.4, 0.5) is 5.69 Å². The summed E-state index contributed by atoms with van der Waals surface area (Å²) in [6.45, 7) is 5.53. The summed E-state index contributed by atoms with van der Waals surface area (Å²) >= 11 is 7.93. The van der Waals surface area contributed by atoms with Crippen LogP contribution in [-0.2, 0) is 9.59 Å². The van der Waals surface area contributed by atoms with E-state index in [-0.39, 0.29) is 41.5 Å². The number of carbonyl (C=O) groups excluding carboxylic acids is 2. The number of esters is 1. The van der Waals surface area contributed by atoms with Gasteiger partial charge in [-0.3, -0.25) is 19.4 Å². The average molecular weight is 558 g/mol. The van der Waals surface area contributed by atoms with Crippen LogP contribution < -0.4 is 24.6 Å². The molecular weight excluding hydrogens is 528 g/mol. The summed E-state index contributed by atoms with van der Waals surface area (Å²) in [7, 11) is 1.44. The number of benzene rings is 2. The first-order valence-corrected chi connectivity index (χ1v) is 13.9. The van der Waals surface area contributed by atoms with Crippen molar-refractivity contribution in [3.05, 3.63) is 57.3 Å². The number of nitrogens with one attached hydrogen (secondary N) is 1. The molecular formula is C27H30ClN4O5S+. The quantitative estimate of drug-likeness (QED) is 0.131. The number of methoxy groups -OCH3 is 1. The summed E-state index contributed by atoms with van der Waals surface area (Å²) in [5.41, 5.74) is 1.39. The molecule has 1 aliphatic heterocycles. The Balaban J connectivity index is 2.07. The topological polar surface area (TPSA) is 105 Å². The van der Waals surface area contributed by atoms with E-state index in [2.05, 4.69) is 11.9 Å². The molecule has 9 nitrogen and oxygen atoms in total. The Bertz CT molecular complexity index is 1430. The Morgan fingerprint density at radius 3 is 2.63 bits per heavy atom. The van der Waals surface area contributed by atoms with Crippen LogP contribution in [0.5, 0.6) is 11.5 Å². The molecule has 0 spiro atoms. The number of hydrogen-bond acceptors (Lipinski definition) is 7. The van der Waals surface area contributed by atoms with Crippen LogP contribution in [0.25, 0.3) is 11.3 Å². The molecule has 0 aliphatic carbocycles. The van der Waals surface area contributed by atoms with E-state index in [1.54, 1.807) is 49.1 Å². The first-order valence-electron chi connectivity index (χ1n) is 12.5. The fourth-order valence-corrected chi connectivity index (χ4v) is 5.45. The molecule has 11 heteroatoms. The normalized spacial score (nSPS) is 14.0. The minimum absolute atomic E-state index is 0.114. The van der Waals surface area contributed by atoms with Crippen LogP contribution in [-0.4, -0.2) is 34.8 Å². The summed E-state index contributed by atoms with van der Waals surface area (Å²) in [6, 6.07) is 10.3. The van der Waals surface area contributed by atoms with Crippen LogP contribution in [0.2, 0.25) is 5.02 Å². The zero-order chi connectivity index (χ0) is 27.4. The van der Waals surface area contributed by atoms with Gasteiger partial charge >= 0.3 is 17.2 Å². The standard InChI is InChI=1S/C27H29ClN4O5S/c1-5-8-13-38-27-29-25(35)23-17-11-9-10-12-19(17)31(21(33)6-2)26(32(23)30-27)18-14-16(28)15-20(36-4)24(18)37-22(34)7-3/h9-12,14-15,26H,5-8,13H2,1-4H3/p+1/t26-/m0/s1. The first kappa shape index (κ1) is 27.7. The number of H-pyrrole nitrogens is 1. The predicted molar refractivity (Wildman–Crippen MR) is 146 cm³/mol. The molecule has 0 fully saturated rings. The average Bonchev–Trinajstić information content (AvgIpc) is 2.92. The molecule has 0 saturated carbocycles. The fourth-order valence-electron chi connectivity index (χ4n) is 4.30. The molecule has 200 valence electrons. The number of hydrogen-bond donors (Lipinski definition) is 1.